The first kappa shape index (κ1) is 13.2. The fraction of sp³-hybridized carbons (Fsp3) is 0.214. The fourth-order valence-corrected chi connectivity index (χ4v) is 2.83. The van der Waals surface area contributed by atoms with Crippen molar-refractivity contribution in [2.24, 2.45) is 0 Å². The minimum absolute atomic E-state index is 0.378. The Balaban J connectivity index is 2.36. The summed E-state index contributed by atoms with van der Waals surface area (Å²) in [6.45, 7) is 2.39. The maximum Gasteiger partial charge on any atom is 0.160 e. The zero-order valence-corrected chi connectivity index (χ0v) is 12.2. The van der Waals surface area contributed by atoms with E-state index in [4.69, 9.17) is 28.5 Å². The summed E-state index contributed by atoms with van der Waals surface area (Å²) in [6, 6.07) is 7.54. The normalized spacial score (nSPS) is 11.1. The monoisotopic (exact) mass is 304 g/mol. The number of nitriles is 1. The van der Waals surface area contributed by atoms with E-state index in [0.717, 1.165) is 22.0 Å². The molecule has 0 saturated carbocycles. The molecule has 0 bridgehead atoms. The van der Waals surface area contributed by atoms with E-state index in [2.05, 4.69) is 16.2 Å². The first-order chi connectivity index (χ1) is 9.61. The van der Waals surface area contributed by atoms with Gasteiger partial charge in [0.1, 0.15) is 0 Å². The molecule has 6 heteroatoms. The van der Waals surface area contributed by atoms with E-state index in [-0.39, 0.29) is 0 Å². The van der Waals surface area contributed by atoms with E-state index in [1.54, 1.807) is 16.8 Å². The highest BCUT2D eigenvalue weighted by molar-refractivity contribution is 6.40. The first-order valence-corrected chi connectivity index (χ1v) is 6.86. The molecule has 0 saturated heterocycles. The standard InChI is InChI=1S/C14H10Cl2N4/c1-8-12-13(16)10-4-3-9(15)7-11(10)18-14(12)20(19-8)6-2-5-17/h3-4,7H,2,6H2,1H3. The topological polar surface area (TPSA) is 54.5 Å². The molecule has 100 valence electrons. The van der Waals surface area contributed by atoms with Gasteiger partial charge in [0, 0.05) is 10.4 Å². The van der Waals surface area contributed by atoms with Crippen LogP contribution in [0.5, 0.6) is 0 Å². The largest absolute Gasteiger partial charge is 0.246 e. The van der Waals surface area contributed by atoms with E-state index < -0.39 is 0 Å². The molecular formula is C14H10Cl2N4. The predicted molar refractivity (Wildman–Crippen MR) is 80.0 cm³/mol. The van der Waals surface area contributed by atoms with Crippen molar-refractivity contribution < 1.29 is 0 Å². The van der Waals surface area contributed by atoms with Crippen LogP contribution >= 0.6 is 23.2 Å². The maximum absolute atomic E-state index is 8.71. The second-order valence-corrected chi connectivity index (χ2v) is 5.32. The minimum Gasteiger partial charge on any atom is -0.246 e. The lowest BCUT2D eigenvalue weighted by Gasteiger charge is -2.04. The molecule has 0 fully saturated rings. The Morgan fingerprint density at radius 1 is 1.35 bits per heavy atom. The second kappa shape index (κ2) is 4.93. The highest BCUT2D eigenvalue weighted by Gasteiger charge is 2.15. The van der Waals surface area contributed by atoms with Gasteiger partial charge < -0.3 is 0 Å². The quantitative estimate of drug-likeness (QED) is 0.716. The van der Waals surface area contributed by atoms with Crippen molar-refractivity contribution in [2.75, 3.05) is 0 Å². The number of aromatic nitrogens is 3. The van der Waals surface area contributed by atoms with Gasteiger partial charge in [-0.3, -0.25) is 0 Å². The van der Waals surface area contributed by atoms with E-state index in [9.17, 15) is 0 Å². The van der Waals surface area contributed by atoms with E-state index in [1.165, 1.54) is 0 Å². The molecular weight excluding hydrogens is 295 g/mol. The summed E-state index contributed by atoms with van der Waals surface area (Å²) in [7, 11) is 0. The Bertz CT molecular complexity index is 861. The van der Waals surface area contributed by atoms with Gasteiger partial charge >= 0.3 is 0 Å². The zero-order chi connectivity index (χ0) is 14.3. The van der Waals surface area contributed by atoms with Gasteiger partial charge in [-0.05, 0) is 25.1 Å². The van der Waals surface area contributed by atoms with Crippen LogP contribution < -0.4 is 0 Å². The SMILES string of the molecule is Cc1nn(CCC#N)c2nc3cc(Cl)ccc3c(Cl)c12. The molecule has 3 rings (SSSR count). The number of nitrogens with zero attached hydrogens (tertiary/aromatic N) is 4. The number of rotatable bonds is 2. The number of aryl methyl sites for hydroxylation is 2. The summed E-state index contributed by atoms with van der Waals surface area (Å²) in [5.41, 5.74) is 2.23. The Hall–Kier alpha value is -1.83. The molecule has 1 aromatic carbocycles. The van der Waals surface area contributed by atoms with E-state index >= 15 is 0 Å². The van der Waals surface area contributed by atoms with Gasteiger partial charge in [-0.2, -0.15) is 10.4 Å². The van der Waals surface area contributed by atoms with Gasteiger partial charge in [0.2, 0.25) is 0 Å². The number of hydrogen-bond donors (Lipinski definition) is 0. The van der Waals surface area contributed by atoms with Crippen LogP contribution in [-0.4, -0.2) is 14.8 Å². The van der Waals surface area contributed by atoms with Crippen LogP contribution in [0.4, 0.5) is 0 Å². The number of fused-ring (bicyclic) bond motifs is 2. The van der Waals surface area contributed by atoms with Crippen molar-refractivity contribution in [3.8, 4) is 6.07 Å². The molecule has 2 aromatic heterocycles. The summed E-state index contributed by atoms with van der Waals surface area (Å²) >= 11 is 12.5. The average molecular weight is 305 g/mol. The summed E-state index contributed by atoms with van der Waals surface area (Å²) in [5, 5.41) is 16.1. The van der Waals surface area contributed by atoms with Gasteiger partial charge in [-0.1, -0.05) is 23.2 Å². The van der Waals surface area contributed by atoms with Crippen LogP contribution in [0.2, 0.25) is 10.0 Å². The molecule has 20 heavy (non-hydrogen) atoms. The molecule has 0 spiro atoms. The second-order valence-electron chi connectivity index (χ2n) is 4.50. The smallest absolute Gasteiger partial charge is 0.160 e. The predicted octanol–water partition coefficient (Wildman–Crippen LogP) is 4.11. The molecule has 0 unspecified atom stereocenters. The molecule has 0 N–H and O–H groups in total. The third-order valence-corrected chi connectivity index (χ3v) is 3.81. The van der Waals surface area contributed by atoms with Crippen LogP contribution in [-0.2, 0) is 6.54 Å². The summed E-state index contributed by atoms with van der Waals surface area (Å²) in [5.74, 6) is 0. The van der Waals surface area contributed by atoms with Crippen LogP contribution in [0, 0.1) is 18.3 Å². The number of pyridine rings is 1. The molecule has 0 amide bonds. The molecule has 0 radical (unpaired) electrons. The Morgan fingerprint density at radius 2 is 2.15 bits per heavy atom. The lowest BCUT2D eigenvalue weighted by molar-refractivity contribution is 0.638. The van der Waals surface area contributed by atoms with Crippen molar-refractivity contribution in [3.63, 3.8) is 0 Å². The lowest BCUT2D eigenvalue weighted by atomic mass is 10.1. The molecule has 0 aliphatic heterocycles. The van der Waals surface area contributed by atoms with E-state index in [1.807, 2.05) is 13.0 Å². The van der Waals surface area contributed by atoms with Crippen LogP contribution in [0.3, 0.4) is 0 Å². The van der Waals surface area contributed by atoms with Crippen molar-refractivity contribution in [3.05, 3.63) is 33.9 Å². The van der Waals surface area contributed by atoms with Gasteiger partial charge in [0.05, 0.1) is 40.7 Å². The third-order valence-electron chi connectivity index (χ3n) is 3.18. The van der Waals surface area contributed by atoms with Crippen LogP contribution in [0.1, 0.15) is 12.1 Å². The average Bonchev–Trinajstić information content (AvgIpc) is 2.73. The van der Waals surface area contributed by atoms with Crippen LogP contribution in [0.15, 0.2) is 18.2 Å². The zero-order valence-electron chi connectivity index (χ0n) is 10.7. The summed E-state index contributed by atoms with van der Waals surface area (Å²) in [4.78, 5) is 4.60. The highest BCUT2D eigenvalue weighted by Crippen LogP contribution is 2.33. The minimum atomic E-state index is 0.378. The molecule has 2 heterocycles. The van der Waals surface area contributed by atoms with Gasteiger partial charge in [0.15, 0.2) is 5.65 Å². The number of halogens is 2. The molecule has 4 nitrogen and oxygen atoms in total. The van der Waals surface area contributed by atoms with Crippen molar-refractivity contribution in [1.82, 2.24) is 14.8 Å². The Kier molecular flexibility index (Phi) is 3.25. The summed E-state index contributed by atoms with van der Waals surface area (Å²) in [6.07, 6.45) is 0.378. The summed E-state index contributed by atoms with van der Waals surface area (Å²) < 4.78 is 1.72. The van der Waals surface area contributed by atoms with Gasteiger partial charge in [-0.15, -0.1) is 0 Å². The third kappa shape index (κ3) is 2.00. The fourth-order valence-electron chi connectivity index (χ4n) is 2.28. The van der Waals surface area contributed by atoms with Crippen molar-refractivity contribution in [2.45, 2.75) is 19.9 Å². The van der Waals surface area contributed by atoms with Gasteiger partial charge in [0.25, 0.3) is 0 Å². The highest BCUT2D eigenvalue weighted by atomic mass is 35.5. The van der Waals surface area contributed by atoms with Crippen molar-refractivity contribution >= 4 is 45.1 Å². The Morgan fingerprint density at radius 3 is 2.90 bits per heavy atom. The lowest BCUT2D eigenvalue weighted by Crippen LogP contribution is -2.00. The van der Waals surface area contributed by atoms with E-state index in [0.29, 0.717) is 28.7 Å². The van der Waals surface area contributed by atoms with Crippen LogP contribution in [0.25, 0.3) is 21.9 Å². The first-order valence-electron chi connectivity index (χ1n) is 6.10. The molecule has 3 aromatic rings. The number of benzene rings is 1. The van der Waals surface area contributed by atoms with Gasteiger partial charge in [-0.25, -0.2) is 9.67 Å². The molecule has 0 aliphatic carbocycles. The molecule has 0 aliphatic rings. The number of hydrogen-bond acceptors (Lipinski definition) is 3. The maximum atomic E-state index is 8.71. The molecule has 0 atom stereocenters. The Labute approximate surface area is 125 Å². The van der Waals surface area contributed by atoms with Crippen molar-refractivity contribution in [1.29, 1.82) is 5.26 Å².